The van der Waals surface area contributed by atoms with E-state index in [2.05, 4.69) is 26.9 Å². The molecule has 2 aliphatic heterocycles. The van der Waals surface area contributed by atoms with Crippen LogP contribution >= 0.6 is 0 Å². The van der Waals surface area contributed by atoms with Crippen molar-refractivity contribution >= 4 is 5.84 Å². The van der Waals surface area contributed by atoms with Crippen molar-refractivity contribution in [2.75, 3.05) is 59.5 Å². The molecule has 2 aliphatic rings. The first-order valence-electron chi connectivity index (χ1n) is 7.34. The number of morpholine rings is 1. The summed E-state index contributed by atoms with van der Waals surface area (Å²) in [5.41, 5.74) is 5.67. The largest absolute Gasteiger partial charge is 0.409 e. The number of amidine groups is 1. The Balaban J connectivity index is 1.74. The summed E-state index contributed by atoms with van der Waals surface area (Å²) in [6.07, 6.45) is 0.321. The number of nitrogens with zero attached hydrogens (tertiary/aromatic N) is 4. The van der Waals surface area contributed by atoms with Gasteiger partial charge in [-0.15, -0.1) is 0 Å². The van der Waals surface area contributed by atoms with Crippen molar-refractivity contribution in [2.45, 2.75) is 19.1 Å². The van der Waals surface area contributed by atoms with Gasteiger partial charge in [-0.2, -0.15) is 0 Å². The van der Waals surface area contributed by atoms with Crippen LogP contribution in [0.1, 0.15) is 6.92 Å². The second kappa shape index (κ2) is 7.21. The Kier molecular flexibility index (Phi) is 5.59. The Bertz CT molecular complexity index is 331. The van der Waals surface area contributed by atoms with Gasteiger partial charge in [0.25, 0.3) is 0 Å². The molecule has 0 aliphatic carbocycles. The molecule has 0 spiro atoms. The molecule has 0 aromatic rings. The van der Waals surface area contributed by atoms with Crippen LogP contribution in [-0.4, -0.2) is 97.4 Å². The van der Waals surface area contributed by atoms with Crippen LogP contribution in [0.25, 0.3) is 0 Å². The monoisotopic (exact) mass is 285 g/mol. The van der Waals surface area contributed by atoms with Crippen LogP contribution in [0.4, 0.5) is 0 Å². The topological polar surface area (TPSA) is 77.6 Å². The number of nitrogens with two attached hydrogens (primary N) is 1. The lowest BCUT2D eigenvalue weighted by atomic mass is 10.2. The van der Waals surface area contributed by atoms with Gasteiger partial charge in [0.15, 0.2) is 5.84 Å². The summed E-state index contributed by atoms with van der Waals surface area (Å²) in [7, 11) is 2.14. The zero-order valence-electron chi connectivity index (χ0n) is 12.5. The number of oxime groups is 1. The second-order valence-electron chi connectivity index (χ2n) is 5.79. The van der Waals surface area contributed by atoms with E-state index >= 15 is 0 Å². The van der Waals surface area contributed by atoms with E-state index in [9.17, 15) is 0 Å². The maximum atomic E-state index is 8.73. The first kappa shape index (κ1) is 15.5. The standard InChI is InChI=1S/C13H27N5O2/c1-11(13(14)15-19)18-5-3-17(4-6-18)10-12-9-16(2)7-8-20-12/h11-12,19H,3-10H2,1-2H3,(H2,14,15). The van der Waals surface area contributed by atoms with Crippen LogP contribution in [0.5, 0.6) is 0 Å². The SMILES string of the molecule is CC(C(N)=NO)N1CCN(CC2CN(C)CCO2)CC1. The average molecular weight is 285 g/mol. The zero-order chi connectivity index (χ0) is 14.5. The van der Waals surface area contributed by atoms with Crippen molar-refractivity contribution in [2.24, 2.45) is 10.9 Å². The third-order valence-corrected chi connectivity index (χ3v) is 4.30. The Morgan fingerprint density at radius 2 is 2.05 bits per heavy atom. The van der Waals surface area contributed by atoms with E-state index in [1.165, 1.54) is 0 Å². The Hall–Kier alpha value is -0.890. The van der Waals surface area contributed by atoms with Crippen LogP contribution in [0.3, 0.4) is 0 Å². The predicted molar refractivity (Wildman–Crippen MR) is 78.1 cm³/mol. The minimum absolute atomic E-state index is 0.000728. The highest BCUT2D eigenvalue weighted by Gasteiger charge is 2.26. The normalized spacial score (nSPS) is 29.5. The van der Waals surface area contributed by atoms with Gasteiger partial charge in [-0.1, -0.05) is 5.16 Å². The predicted octanol–water partition coefficient (Wildman–Crippen LogP) is -0.930. The fourth-order valence-electron chi connectivity index (χ4n) is 2.87. The molecule has 3 N–H and O–H groups in total. The van der Waals surface area contributed by atoms with E-state index in [0.717, 1.165) is 52.4 Å². The van der Waals surface area contributed by atoms with Gasteiger partial charge >= 0.3 is 0 Å². The highest BCUT2D eigenvalue weighted by molar-refractivity contribution is 5.84. The number of piperazine rings is 1. The maximum absolute atomic E-state index is 8.73. The first-order chi connectivity index (χ1) is 9.60. The van der Waals surface area contributed by atoms with Crippen LogP contribution in [0.2, 0.25) is 0 Å². The molecule has 20 heavy (non-hydrogen) atoms. The molecule has 0 radical (unpaired) electrons. The third-order valence-electron chi connectivity index (χ3n) is 4.30. The van der Waals surface area contributed by atoms with Gasteiger partial charge in [0, 0.05) is 45.8 Å². The van der Waals surface area contributed by atoms with Crippen LogP contribution in [-0.2, 0) is 4.74 Å². The minimum Gasteiger partial charge on any atom is -0.409 e. The molecule has 2 saturated heterocycles. The lowest BCUT2D eigenvalue weighted by Crippen LogP contribution is -2.55. The molecule has 2 atom stereocenters. The van der Waals surface area contributed by atoms with Crippen molar-refractivity contribution in [3.05, 3.63) is 0 Å². The molecular formula is C13H27N5O2. The van der Waals surface area contributed by atoms with Crippen molar-refractivity contribution in [1.29, 1.82) is 0 Å². The highest BCUT2D eigenvalue weighted by Crippen LogP contribution is 2.10. The summed E-state index contributed by atoms with van der Waals surface area (Å²) < 4.78 is 5.81. The molecule has 0 amide bonds. The summed E-state index contributed by atoms with van der Waals surface area (Å²) in [6.45, 7) is 9.75. The van der Waals surface area contributed by atoms with Gasteiger partial charge in [-0.25, -0.2) is 0 Å². The van der Waals surface area contributed by atoms with Crippen LogP contribution in [0, 0.1) is 0 Å². The maximum Gasteiger partial charge on any atom is 0.156 e. The van der Waals surface area contributed by atoms with Crippen molar-refractivity contribution < 1.29 is 9.94 Å². The van der Waals surface area contributed by atoms with E-state index in [0.29, 0.717) is 6.10 Å². The van der Waals surface area contributed by atoms with Gasteiger partial charge in [-0.05, 0) is 14.0 Å². The molecular weight excluding hydrogens is 258 g/mol. The van der Waals surface area contributed by atoms with E-state index in [4.69, 9.17) is 15.7 Å². The molecule has 2 unspecified atom stereocenters. The third kappa shape index (κ3) is 4.05. The molecule has 2 heterocycles. The number of hydrogen-bond donors (Lipinski definition) is 2. The Morgan fingerprint density at radius 1 is 1.35 bits per heavy atom. The molecule has 7 heteroatoms. The number of rotatable bonds is 4. The van der Waals surface area contributed by atoms with Gasteiger partial charge < -0.3 is 20.6 Å². The molecule has 0 bridgehead atoms. The van der Waals surface area contributed by atoms with E-state index in [1.807, 2.05) is 6.92 Å². The van der Waals surface area contributed by atoms with Crippen LogP contribution < -0.4 is 5.73 Å². The number of likely N-dealkylation sites (N-methyl/N-ethyl adjacent to an activating group) is 1. The van der Waals surface area contributed by atoms with Crippen LogP contribution in [0.15, 0.2) is 5.16 Å². The Labute approximate surface area is 120 Å². The van der Waals surface area contributed by atoms with E-state index in [-0.39, 0.29) is 11.9 Å². The fraction of sp³-hybridized carbons (Fsp3) is 0.923. The summed E-state index contributed by atoms with van der Waals surface area (Å²) in [5, 5.41) is 11.8. The summed E-state index contributed by atoms with van der Waals surface area (Å²) >= 11 is 0. The molecule has 2 fully saturated rings. The summed E-state index contributed by atoms with van der Waals surface area (Å²) in [6, 6.07) is -0.000728. The lowest BCUT2D eigenvalue weighted by molar-refractivity contribution is -0.0415. The minimum atomic E-state index is -0.000728. The van der Waals surface area contributed by atoms with Gasteiger partial charge in [0.1, 0.15) is 0 Å². The number of ether oxygens (including phenoxy) is 1. The number of hydrogen-bond acceptors (Lipinski definition) is 6. The van der Waals surface area contributed by atoms with Crippen molar-refractivity contribution in [1.82, 2.24) is 14.7 Å². The smallest absolute Gasteiger partial charge is 0.156 e. The molecule has 2 rings (SSSR count). The summed E-state index contributed by atoms with van der Waals surface area (Å²) in [5.74, 6) is 0.288. The molecule has 0 saturated carbocycles. The highest BCUT2D eigenvalue weighted by atomic mass is 16.5. The molecule has 7 nitrogen and oxygen atoms in total. The zero-order valence-corrected chi connectivity index (χ0v) is 12.5. The average Bonchev–Trinajstić information content (AvgIpc) is 2.46. The first-order valence-corrected chi connectivity index (χ1v) is 7.34. The lowest BCUT2D eigenvalue weighted by Gasteiger charge is -2.40. The molecule has 0 aromatic heterocycles. The van der Waals surface area contributed by atoms with Gasteiger partial charge in [0.2, 0.25) is 0 Å². The van der Waals surface area contributed by atoms with Gasteiger partial charge in [0.05, 0.1) is 18.8 Å². The fourth-order valence-corrected chi connectivity index (χ4v) is 2.87. The Morgan fingerprint density at radius 3 is 2.65 bits per heavy atom. The summed E-state index contributed by atoms with van der Waals surface area (Å²) in [4.78, 5) is 7.02. The van der Waals surface area contributed by atoms with E-state index in [1.54, 1.807) is 0 Å². The van der Waals surface area contributed by atoms with E-state index < -0.39 is 0 Å². The quantitative estimate of drug-likeness (QED) is 0.301. The van der Waals surface area contributed by atoms with Crippen molar-refractivity contribution in [3.8, 4) is 0 Å². The molecule has 0 aromatic carbocycles. The van der Waals surface area contributed by atoms with Crippen molar-refractivity contribution in [3.63, 3.8) is 0 Å². The molecule has 116 valence electrons. The second-order valence-corrected chi connectivity index (χ2v) is 5.79. The van der Waals surface area contributed by atoms with Gasteiger partial charge in [-0.3, -0.25) is 9.80 Å².